The van der Waals surface area contributed by atoms with Crippen LogP contribution in [0.25, 0.3) is 11.4 Å². The van der Waals surface area contributed by atoms with E-state index in [1.165, 1.54) is 0 Å². The van der Waals surface area contributed by atoms with Crippen molar-refractivity contribution in [2.24, 2.45) is 0 Å². The van der Waals surface area contributed by atoms with Gasteiger partial charge in [0.05, 0.1) is 17.8 Å². The molecule has 1 aromatic heterocycles. The van der Waals surface area contributed by atoms with Gasteiger partial charge in [0, 0.05) is 24.2 Å². The van der Waals surface area contributed by atoms with Crippen molar-refractivity contribution in [2.75, 3.05) is 13.1 Å². The molecule has 0 bridgehead atoms. The molecule has 0 atom stereocenters. The van der Waals surface area contributed by atoms with Crippen LogP contribution in [0.5, 0.6) is 0 Å². The van der Waals surface area contributed by atoms with Crippen molar-refractivity contribution < 1.29 is 18.0 Å². The maximum Gasteiger partial charge on any atom is 0.432 e. The molecule has 2 heterocycles. The summed E-state index contributed by atoms with van der Waals surface area (Å²) in [7, 11) is 0. The number of hydrogen-bond donors (Lipinski definition) is 1. The van der Waals surface area contributed by atoms with E-state index < -0.39 is 11.9 Å². The molecule has 3 aromatic rings. The number of H-pyrrole nitrogens is 1. The molecule has 5 nitrogen and oxygen atoms in total. The molecule has 1 N–H and O–H groups in total. The molecule has 2 aromatic carbocycles. The first-order chi connectivity index (χ1) is 17.3. The van der Waals surface area contributed by atoms with Crippen LogP contribution in [0.1, 0.15) is 82.2 Å². The summed E-state index contributed by atoms with van der Waals surface area (Å²) in [6, 6.07) is 13.5. The van der Waals surface area contributed by atoms with Crippen LogP contribution in [0.3, 0.4) is 0 Å². The van der Waals surface area contributed by atoms with Gasteiger partial charge in [0.25, 0.3) is 5.91 Å². The number of likely N-dealkylation sites (tertiary alicyclic amines) is 1. The van der Waals surface area contributed by atoms with Gasteiger partial charge in [-0.1, -0.05) is 30.7 Å². The molecular weight excluding hydrogens is 465 g/mol. The van der Waals surface area contributed by atoms with Gasteiger partial charge < -0.3 is 9.88 Å². The molecule has 0 spiro atoms. The normalized spacial score (nSPS) is 17.0. The third kappa shape index (κ3) is 4.50. The van der Waals surface area contributed by atoms with Gasteiger partial charge >= 0.3 is 6.18 Å². The fourth-order valence-corrected chi connectivity index (χ4v) is 5.34. The van der Waals surface area contributed by atoms with Crippen molar-refractivity contribution in [1.82, 2.24) is 14.9 Å². The highest BCUT2D eigenvalue weighted by Gasteiger charge is 2.34. The fraction of sp³-hybridized carbons (Fsp3) is 0.393. The number of nitrogens with zero attached hydrogens (tertiary/aromatic N) is 3. The second kappa shape index (κ2) is 9.45. The lowest BCUT2D eigenvalue weighted by molar-refractivity contribution is -0.140. The summed E-state index contributed by atoms with van der Waals surface area (Å²) in [6.07, 6.45) is 0.840. The van der Waals surface area contributed by atoms with Gasteiger partial charge in [0.2, 0.25) is 0 Å². The predicted molar refractivity (Wildman–Crippen MR) is 129 cm³/mol. The fourth-order valence-electron chi connectivity index (χ4n) is 5.34. The van der Waals surface area contributed by atoms with Crippen LogP contribution >= 0.6 is 0 Å². The van der Waals surface area contributed by atoms with E-state index in [4.69, 9.17) is 0 Å². The number of piperidine rings is 1. The number of aryl methyl sites for hydroxylation is 1. The number of carbonyl (C=O) groups excluding carboxylic acids is 1. The van der Waals surface area contributed by atoms with Crippen molar-refractivity contribution in [1.29, 1.82) is 5.26 Å². The molecule has 1 aliphatic heterocycles. The highest BCUT2D eigenvalue weighted by molar-refractivity contribution is 5.97. The van der Waals surface area contributed by atoms with E-state index in [9.17, 15) is 23.2 Å². The first kappa shape index (κ1) is 24.1. The number of hydrogen-bond acceptors (Lipinski definition) is 3. The van der Waals surface area contributed by atoms with Crippen LogP contribution in [0.4, 0.5) is 13.2 Å². The van der Waals surface area contributed by atoms with Crippen LogP contribution in [-0.4, -0.2) is 33.9 Å². The SMILES string of the molecule is Cc1cc(C2CCC2)c(-c2ncc(C(F)(F)F)[nH]2)cc1C(=O)N1CCC(c2ccccc2C#N)CC1. The molecule has 0 radical (unpaired) electrons. The molecule has 1 saturated carbocycles. The Morgan fingerprint density at radius 3 is 2.39 bits per heavy atom. The molecule has 5 rings (SSSR count). The number of imidazole rings is 1. The maximum atomic E-state index is 13.6. The molecule has 36 heavy (non-hydrogen) atoms. The molecular formula is C28H27F3N4O. The van der Waals surface area contributed by atoms with Crippen molar-refractivity contribution >= 4 is 5.91 Å². The number of aromatic nitrogens is 2. The maximum absolute atomic E-state index is 13.6. The van der Waals surface area contributed by atoms with Crippen LogP contribution in [0.2, 0.25) is 0 Å². The van der Waals surface area contributed by atoms with Gasteiger partial charge in [-0.15, -0.1) is 0 Å². The second-order valence-corrected chi connectivity index (χ2v) is 9.79. The number of aromatic amines is 1. The lowest BCUT2D eigenvalue weighted by atomic mass is 9.77. The number of nitrogens with one attached hydrogen (secondary N) is 1. The zero-order valence-corrected chi connectivity index (χ0v) is 20.0. The molecule has 2 aliphatic rings. The zero-order chi connectivity index (χ0) is 25.4. The summed E-state index contributed by atoms with van der Waals surface area (Å²) in [6.45, 7) is 3.00. The molecule has 2 fully saturated rings. The molecule has 186 valence electrons. The lowest BCUT2D eigenvalue weighted by Gasteiger charge is -2.33. The second-order valence-electron chi connectivity index (χ2n) is 9.79. The van der Waals surface area contributed by atoms with E-state index in [0.717, 1.165) is 55.0 Å². The number of halogens is 3. The van der Waals surface area contributed by atoms with Crippen molar-refractivity contribution in [3.63, 3.8) is 0 Å². The molecule has 1 aliphatic carbocycles. The number of nitriles is 1. The van der Waals surface area contributed by atoms with Crippen LogP contribution in [0, 0.1) is 18.3 Å². The van der Waals surface area contributed by atoms with Gasteiger partial charge in [0.1, 0.15) is 11.5 Å². The molecule has 1 saturated heterocycles. The van der Waals surface area contributed by atoms with E-state index in [1.807, 2.05) is 42.2 Å². The Labute approximate surface area is 208 Å². The van der Waals surface area contributed by atoms with Gasteiger partial charge in [-0.3, -0.25) is 4.79 Å². The first-order valence-electron chi connectivity index (χ1n) is 12.3. The molecule has 8 heteroatoms. The smallest absolute Gasteiger partial charge is 0.339 e. The number of amides is 1. The standard InChI is InChI=1S/C28H27F3N4O/c1-17-13-23(18-6-4-7-18)24(26-33-16-25(34-26)28(29,30)31)14-22(17)27(36)35-11-9-19(10-12-35)21-8-3-2-5-20(21)15-32/h2-3,5,8,13-14,16,18-19H,4,6-7,9-12H2,1H3,(H,33,34). The van der Waals surface area contributed by atoms with Gasteiger partial charge in [-0.05, 0) is 73.3 Å². The Bertz CT molecular complexity index is 1330. The summed E-state index contributed by atoms with van der Waals surface area (Å²) in [5.41, 5.74) is 3.64. The Morgan fingerprint density at radius 1 is 1.08 bits per heavy atom. The number of rotatable bonds is 4. The van der Waals surface area contributed by atoms with E-state index >= 15 is 0 Å². The lowest BCUT2D eigenvalue weighted by Crippen LogP contribution is -2.38. The minimum absolute atomic E-state index is 0.122. The van der Waals surface area contributed by atoms with Crippen LogP contribution in [-0.2, 0) is 6.18 Å². The van der Waals surface area contributed by atoms with E-state index in [2.05, 4.69) is 16.0 Å². The van der Waals surface area contributed by atoms with Crippen LogP contribution < -0.4 is 0 Å². The average Bonchev–Trinajstić information content (AvgIpc) is 3.34. The third-order valence-corrected chi connectivity index (χ3v) is 7.61. The minimum Gasteiger partial charge on any atom is -0.339 e. The average molecular weight is 493 g/mol. The van der Waals surface area contributed by atoms with E-state index in [0.29, 0.717) is 29.8 Å². The molecule has 0 unspecified atom stereocenters. The topological polar surface area (TPSA) is 72.8 Å². The first-order valence-corrected chi connectivity index (χ1v) is 12.3. The molecule has 1 amide bonds. The number of carbonyl (C=O) groups is 1. The minimum atomic E-state index is -4.51. The van der Waals surface area contributed by atoms with Crippen LogP contribution in [0.15, 0.2) is 42.6 Å². The predicted octanol–water partition coefficient (Wildman–Crippen LogP) is 6.56. The summed E-state index contributed by atoms with van der Waals surface area (Å²) in [5, 5.41) is 9.43. The Hall–Kier alpha value is -3.60. The summed E-state index contributed by atoms with van der Waals surface area (Å²) >= 11 is 0. The largest absolute Gasteiger partial charge is 0.432 e. The summed E-state index contributed by atoms with van der Waals surface area (Å²) < 4.78 is 39.7. The van der Waals surface area contributed by atoms with Crippen molar-refractivity contribution in [2.45, 2.75) is 57.0 Å². The number of alkyl halides is 3. The zero-order valence-electron chi connectivity index (χ0n) is 20.0. The number of benzene rings is 2. The highest BCUT2D eigenvalue weighted by Crippen LogP contribution is 2.42. The Morgan fingerprint density at radius 2 is 1.78 bits per heavy atom. The van der Waals surface area contributed by atoms with E-state index in [1.54, 1.807) is 6.07 Å². The Balaban J connectivity index is 1.41. The summed E-state index contributed by atoms with van der Waals surface area (Å²) in [5.74, 6) is 0.498. The Kier molecular flexibility index (Phi) is 6.33. The van der Waals surface area contributed by atoms with Gasteiger partial charge in [-0.2, -0.15) is 18.4 Å². The van der Waals surface area contributed by atoms with E-state index in [-0.39, 0.29) is 23.6 Å². The quantitative estimate of drug-likeness (QED) is 0.448. The highest BCUT2D eigenvalue weighted by atomic mass is 19.4. The third-order valence-electron chi connectivity index (χ3n) is 7.61. The monoisotopic (exact) mass is 492 g/mol. The van der Waals surface area contributed by atoms with Gasteiger partial charge in [0.15, 0.2) is 0 Å². The van der Waals surface area contributed by atoms with Gasteiger partial charge in [-0.25, -0.2) is 4.98 Å². The summed E-state index contributed by atoms with van der Waals surface area (Å²) in [4.78, 5) is 21.8. The van der Waals surface area contributed by atoms with Crippen molar-refractivity contribution in [3.8, 4) is 17.5 Å². The van der Waals surface area contributed by atoms with Crippen molar-refractivity contribution in [3.05, 3.63) is 76.1 Å².